The number of carbonyl (C=O) groups excluding carboxylic acids is 2. The van der Waals surface area contributed by atoms with E-state index in [-0.39, 0.29) is 18.4 Å². The van der Waals surface area contributed by atoms with E-state index in [1.54, 1.807) is 28.1 Å². The molecule has 2 aromatic carbocycles. The highest BCUT2D eigenvalue weighted by molar-refractivity contribution is 5.86. The van der Waals surface area contributed by atoms with Crippen LogP contribution in [0.3, 0.4) is 0 Å². The van der Waals surface area contributed by atoms with E-state index in [9.17, 15) is 9.59 Å². The molecule has 0 saturated heterocycles. The van der Waals surface area contributed by atoms with Crippen LogP contribution in [0, 0.1) is 0 Å². The van der Waals surface area contributed by atoms with Crippen molar-refractivity contribution in [3.8, 4) is 11.5 Å². The molecule has 0 bridgehead atoms. The average molecular weight is 400 g/mol. The van der Waals surface area contributed by atoms with Gasteiger partial charge in [0.1, 0.15) is 0 Å². The second kappa shape index (κ2) is 10.5. The van der Waals surface area contributed by atoms with Crippen molar-refractivity contribution in [1.82, 2.24) is 10.8 Å². The zero-order chi connectivity index (χ0) is 21.3. The normalized spacial score (nSPS) is 10.9. The number of carbonyl (C=O) groups is 2. The molecule has 7 heteroatoms. The Morgan fingerprint density at radius 2 is 1.66 bits per heavy atom. The van der Waals surface area contributed by atoms with E-state index in [4.69, 9.17) is 14.3 Å². The summed E-state index contributed by atoms with van der Waals surface area (Å²) in [6, 6.07) is 15.0. The summed E-state index contributed by atoms with van der Waals surface area (Å²) in [5, 5.41) is 2.75. The quantitative estimate of drug-likeness (QED) is 0.598. The molecular weight excluding hydrogens is 372 g/mol. The van der Waals surface area contributed by atoms with Crippen LogP contribution in [0.25, 0.3) is 0 Å². The fourth-order valence-corrected chi connectivity index (χ4v) is 2.71. The molecule has 0 aliphatic carbocycles. The largest absolute Gasteiger partial charge is 0.493 e. The SMILES string of the molecule is COc1ccc(CCNC(=O)CONC(=O)C(C)(C)c2ccccc2)cc1OC. The van der Waals surface area contributed by atoms with Crippen LogP contribution in [0.5, 0.6) is 11.5 Å². The third-order valence-electron chi connectivity index (χ3n) is 4.62. The zero-order valence-electron chi connectivity index (χ0n) is 17.3. The van der Waals surface area contributed by atoms with Gasteiger partial charge in [0.2, 0.25) is 5.91 Å². The Morgan fingerprint density at radius 1 is 0.966 bits per heavy atom. The molecule has 0 fully saturated rings. The van der Waals surface area contributed by atoms with Crippen LogP contribution < -0.4 is 20.3 Å². The molecule has 2 rings (SSSR count). The maximum absolute atomic E-state index is 12.4. The smallest absolute Gasteiger partial charge is 0.253 e. The molecule has 0 aromatic heterocycles. The standard InChI is InChI=1S/C22H28N2O5/c1-22(2,17-8-6-5-7-9-17)21(26)24-29-15-20(25)23-13-12-16-10-11-18(27-3)19(14-16)28-4/h5-11,14H,12-13,15H2,1-4H3,(H,23,25)(H,24,26). The molecule has 0 saturated carbocycles. The molecule has 0 atom stereocenters. The highest BCUT2D eigenvalue weighted by Gasteiger charge is 2.29. The third kappa shape index (κ3) is 6.22. The van der Waals surface area contributed by atoms with E-state index in [1.165, 1.54) is 0 Å². The Hall–Kier alpha value is -3.06. The summed E-state index contributed by atoms with van der Waals surface area (Å²) in [6.45, 7) is 3.76. The topological polar surface area (TPSA) is 85.9 Å². The number of methoxy groups -OCH3 is 2. The molecule has 29 heavy (non-hydrogen) atoms. The van der Waals surface area contributed by atoms with Crippen LogP contribution in [0.1, 0.15) is 25.0 Å². The summed E-state index contributed by atoms with van der Waals surface area (Å²) in [5.41, 5.74) is 3.45. The Balaban J connectivity index is 1.73. The van der Waals surface area contributed by atoms with Crippen molar-refractivity contribution in [3.05, 3.63) is 59.7 Å². The highest BCUT2D eigenvalue weighted by atomic mass is 16.7. The van der Waals surface area contributed by atoms with Gasteiger partial charge in [0.05, 0.1) is 19.6 Å². The second-order valence-corrected chi connectivity index (χ2v) is 7.00. The van der Waals surface area contributed by atoms with Crippen LogP contribution in [-0.2, 0) is 26.3 Å². The van der Waals surface area contributed by atoms with E-state index in [2.05, 4.69) is 10.8 Å². The fraction of sp³-hybridized carbons (Fsp3) is 0.364. The molecule has 2 N–H and O–H groups in total. The minimum Gasteiger partial charge on any atom is -0.493 e. The van der Waals surface area contributed by atoms with E-state index < -0.39 is 5.41 Å². The highest BCUT2D eigenvalue weighted by Crippen LogP contribution is 2.27. The van der Waals surface area contributed by atoms with Gasteiger partial charge in [-0.1, -0.05) is 36.4 Å². The van der Waals surface area contributed by atoms with E-state index >= 15 is 0 Å². The zero-order valence-corrected chi connectivity index (χ0v) is 17.3. The lowest BCUT2D eigenvalue weighted by Crippen LogP contribution is -2.42. The van der Waals surface area contributed by atoms with Gasteiger partial charge in [-0.3, -0.25) is 14.4 Å². The van der Waals surface area contributed by atoms with Crippen LogP contribution in [-0.4, -0.2) is 39.2 Å². The molecule has 7 nitrogen and oxygen atoms in total. The van der Waals surface area contributed by atoms with Gasteiger partial charge in [0.15, 0.2) is 18.1 Å². The van der Waals surface area contributed by atoms with Gasteiger partial charge >= 0.3 is 0 Å². The number of benzene rings is 2. The van der Waals surface area contributed by atoms with Crippen molar-refractivity contribution >= 4 is 11.8 Å². The van der Waals surface area contributed by atoms with Crippen molar-refractivity contribution in [2.45, 2.75) is 25.7 Å². The molecule has 2 aromatic rings. The van der Waals surface area contributed by atoms with Crippen molar-refractivity contribution in [2.24, 2.45) is 0 Å². The van der Waals surface area contributed by atoms with Gasteiger partial charge in [0.25, 0.3) is 5.91 Å². The lowest BCUT2D eigenvalue weighted by molar-refractivity contribution is -0.142. The molecule has 0 aliphatic rings. The molecule has 2 amide bonds. The Kier molecular flexibility index (Phi) is 8.03. The average Bonchev–Trinajstić information content (AvgIpc) is 2.74. The fourth-order valence-electron chi connectivity index (χ4n) is 2.71. The number of rotatable bonds is 10. The molecule has 0 radical (unpaired) electrons. The summed E-state index contributed by atoms with van der Waals surface area (Å²) >= 11 is 0. The van der Waals surface area contributed by atoms with Crippen LogP contribution in [0.2, 0.25) is 0 Å². The van der Waals surface area contributed by atoms with Gasteiger partial charge in [0, 0.05) is 6.54 Å². The first-order valence-electron chi connectivity index (χ1n) is 9.34. The predicted molar refractivity (Wildman–Crippen MR) is 110 cm³/mol. The van der Waals surface area contributed by atoms with Gasteiger partial charge < -0.3 is 14.8 Å². The van der Waals surface area contributed by atoms with Crippen molar-refractivity contribution < 1.29 is 23.9 Å². The van der Waals surface area contributed by atoms with Gasteiger partial charge in [-0.05, 0) is 43.5 Å². The number of hydrogen-bond acceptors (Lipinski definition) is 5. The molecule has 0 aliphatic heterocycles. The van der Waals surface area contributed by atoms with E-state index in [0.717, 1.165) is 11.1 Å². The molecule has 156 valence electrons. The minimum absolute atomic E-state index is 0.261. The lowest BCUT2D eigenvalue weighted by Gasteiger charge is -2.23. The first kappa shape index (κ1) is 22.2. The number of hydroxylamine groups is 1. The molecule has 0 spiro atoms. The first-order valence-corrected chi connectivity index (χ1v) is 9.34. The van der Waals surface area contributed by atoms with Crippen molar-refractivity contribution in [2.75, 3.05) is 27.4 Å². The monoisotopic (exact) mass is 400 g/mol. The number of hydrogen-bond donors (Lipinski definition) is 2. The third-order valence-corrected chi connectivity index (χ3v) is 4.62. The maximum atomic E-state index is 12.4. The first-order chi connectivity index (χ1) is 13.9. The van der Waals surface area contributed by atoms with Gasteiger partial charge in [-0.25, -0.2) is 5.48 Å². The summed E-state index contributed by atoms with van der Waals surface area (Å²) in [4.78, 5) is 29.4. The van der Waals surface area contributed by atoms with Crippen LogP contribution >= 0.6 is 0 Å². The number of nitrogens with one attached hydrogen (secondary N) is 2. The Labute approximate surface area is 171 Å². The molecular formula is C22H28N2O5. The maximum Gasteiger partial charge on any atom is 0.253 e. The molecule has 0 unspecified atom stereocenters. The van der Waals surface area contributed by atoms with Crippen molar-refractivity contribution in [3.63, 3.8) is 0 Å². The van der Waals surface area contributed by atoms with Crippen LogP contribution in [0.15, 0.2) is 48.5 Å². The summed E-state index contributed by atoms with van der Waals surface area (Å²) in [5.74, 6) is 0.663. The summed E-state index contributed by atoms with van der Waals surface area (Å²) in [6.07, 6.45) is 0.624. The van der Waals surface area contributed by atoms with Gasteiger partial charge in [-0.2, -0.15) is 0 Å². The van der Waals surface area contributed by atoms with E-state index in [0.29, 0.717) is 24.5 Å². The Bertz CT molecular complexity index is 821. The lowest BCUT2D eigenvalue weighted by atomic mass is 9.84. The number of ether oxygens (including phenoxy) is 2. The summed E-state index contributed by atoms with van der Waals surface area (Å²) in [7, 11) is 3.16. The van der Waals surface area contributed by atoms with Crippen molar-refractivity contribution in [1.29, 1.82) is 0 Å². The minimum atomic E-state index is -0.773. The summed E-state index contributed by atoms with van der Waals surface area (Å²) < 4.78 is 10.5. The Morgan fingerprint density at radius 3 is 2.31 bits per heavy atom. The van der Waals surface area contributed by atoms with E-state index in [1.807, 2.05) is 48.5 Å². The predicted octanol–water partition coefficient (Wildman–Crippen LogP) is 2.39. The van der Waals surface area contributed by atoms with Gasteiger partial charge in [-0.15, -0.1) is 0 Å². The second-order valence-electron chi connectivity index (χ2n) is 7.00. The van der Waals surface area contributed by atoms with Crippen LogP contribution in [0.4, 0.5) is 0 Å². The number of amides is 2. The molecule has 0 heterocycles.